The molecule has 0 amide bonds. The molecule has 0 radical (unpaired) electrons. The molecule has 2 aromatic rings. The van der Waals surface area contributed by atoms with Crippen LogP contribution >= 0.6 is 11.6 Å². The molecule has 0 aromatic heterocycles. The minimum absolute atomic E-state index is 0.536. The van der Waals surface area contributed by atoms with Crippen molar-refractivity contribution in [3.63, 3.8) is 0 Å². The molecule has 18 heavy (non-hydrogen) atoms. The summed E-state index contributed by atoms with van der Waals surface area (Å²) in [6.45, 7) is 1.90. The van der Waals surface area contributed by atoms with E-state index in [1.807, 2.05) is 43.3 Å². The number of rotatable bonds is 3. The van der Waals surface area contributed by atoms with Gasteiger partial charge in [0, 0.05) is 22.7 Å². The van der Waals surface area contributed by atoms with Crippen LogP contribution in [0.15, 0.2) is 42.5 Å². The van der Waals surface area contributed by atoms with Crippen LogP contribution in [0, 0.1) is 6.92 Å². The highest BCUT2D eigenvalue weighted by Gasteiger charge is 2.13. The van der Waals surface area contributed by atoms with Gasteiger partial charge >= 0.3 is 0 Å². The fourth-order valence-corrected chi connectivity index (χ4v) is 2.13. The number of nitrogens with two attached hydrogens (primary N) is 1. The first-order valence-electron chi connectivity index (χ1n) is 5.85. The maximum Gasteiger partial charge on any atom is 0.0850 e. The van der Waals surface area contributed by atoms with Gasteiger partial charge in [0.05, 0.1) is 6.10 Å². The van der Waals surface area contributed by atoms with Crippen LogP contribution in [0.25, 0.3) is 0 Å². The lowest BCUT2D eigenvalue weighted by atomic mass is 9.98. The van der Waals surface area contributed by atoms with Crippen LogP contribution in [0.1, 0.15) is 22.8 Å². The molecule has 1 unspecified atom stereocenters. The van der Waals surface area contributed by atoms with Gasteiger partial charge in [-0.05, 0) is 30.2 Å². The molecule has 0 saturated heterocycles. The number of hydrogen-bond acceptors (Lipinski definition) is 2. The summed E-state index contributed by atoms with van der Waals surface area (Å²) in [5.74, 6) is 0. The third kappa shape index (κ3) is 2.84. The van der Waals surface area contributed by atoms with Crippen molar-refractivity contribution in [1.82, 2.24) is 0 Å². The van der Waals surface area contributed by atoms with Crippen molar-refractivity contribution >= 4 is 17.3 Å². The molecule has 3 N–H and O–H groups in total. The van der Waals surface area contributed by atoms with E-state index in [2.05, 4.69) is 0 Å². The molecule has 0 bridgehead atoms. The highest BCUT2D eigenvalue weighted by molar-refractivity contribution is 6.31. The van der Waals surface area contributed by atoms with Gasteiger partial charge in [-0.25, -0.2) is 0 Å². The molecule has 2 aromatic carbocycles. The molecule has 0 saturated carbocycles. The van der Waals surface area contributed by atoms with Gasteiger partial charge in [-0.3, -0.25) is 0 Å². The molecule has 0 aliphatic heterocycles. The minimum atomic E-state index is -0.608. The maximum absolute atomic E-state index is 10.2. The van der Waals surface area contributed by atoms with E-state index in [1.54, 1.807) is 6.07 Å². The van der Waals surface area contributed by atoms with E-state index >= 15 is 0 Å². The van der Waals surface area contributed by atoms with Gasteiger partial charge in [0.25, 0.3) is 0 Å². The Kier molecular flexibility index (Phi) is 3.90. The first-order chi connectivity index (χ1) is 8.58. The zero-order valence-electron chi connectivity index (χ0n) is 10.2. The Labute approximate surface area is 112 Å². The molecule has 0 aliphatic rings. The Morgan fingerprint density at radius 2 is 1.89 bits per heavy atom. The number of anilines is 1. The molecule has 2 rings (SSSR count). The Morgan fingerprint density at radius 3 is 2.56 bits per heavy atom. The zero-order chi connectivity index (χ0) is 13.1. The standard InChI is InChI=1S/C15H16ClNO/c1-10-7-12(14(17)9-13(10)16)15(18)8-11-5-3-2-4-6-11/h2-7,9,15,18H,8,17H2,1H3. The molecule has 2 nitrogen and oxygen atoms in total. The van der Waals surface area contributed by atoms with Gasteiger partial charge in [0.1, 0.15) is 0 Å². The summed E-state index contributed by atoms with van der Waals surface area (Å²) >= 11 is 5.99. The summed E-state index contributed by atoms with van der Waals surface area (Å²) in [5, 5.41) is 10.9. The second-order valence-corrected chi connectivity index (χ2v) is 4.84. The fraction of sp³-hybridized carbons (Fsp3) is 0.200. The van der Waals surface area contributed by atoms with Crippen LogP contribution in [0.3, 0.4) is 0 Å². The molecule has 94 valence electrons. The summed E-state index contributed by atoms with van der Waals surface area (Å²) in [5.41, 5.74) is 9.18. The number of halogens is 1. The molecule has 1 atom stereocenters. The summed E-state index contributed by atoms with van der Waals surface area (Å²) in [6, 6.07) is 13.4. The average molecular weight is 262 g/mol. The van der Waals surface area contributed by atoms with Crippen LogP contribution in [0.4, 0.5) is 5.69 Å². The van der Waals surface area contributed by atoms with Crippen molar-refractivity contribution in [1.29, 1.82) is 0 Å². The van der Waals surface area contributed by atoms with Crippen molar-refractivity contribution in [3.05, 3.63) is 64.2 Å². The molecule has 0 heterocycles. The van der Waals surface area contributed by atoms with Crippen LogP contribution in [0.5, 0.6) is 0 Å². The molecule has 3 heteroatoms. The van der Waals surface area contributed by atoms with Crippen molar-refractivity contribution in [2.45, 2.75) is 19.4 Å². The Hall–Kier alpha value is -1.51. The highest BCUT2D eigenvalue weighted by Crippen LogP contribution is 2.29. The van der Waals surface area contributed by atoms with Crippen molar-refractivity contribution in [2.75, 3.05) is 5.73 Å². The quantitative estimate of drug-likeness (QED) is 0.831. The van der Waals surface area contributed by atoms with Crippen LogP contribution in [0.2, 0.25) is 5.02 Å². The monoisotopic (exact) mass is 261 g/mol. The predicted molar refractivity (Wildman–Crippen MR) is 75.7 cm³/mol. The average Bonchev–Trinajstić information content (AvgIpc) is 2.35. The van der Waals surface area contributed by atoms with Crippen molar-refractivity contribution in [3.8, 4) is 0 Å². The summed E-state index contributed by atoms with van der Waals surface area (Å²) in [4.78, 5) is 0. The third-order valence-corrected chi connectivity index (χ3v) is 3.40. The van der Waals surface area contributed by atoms with E-state index < -0.39 is 6.10 Å². The SMILES string of the molecule is Cc1cc(C(O)Cc2ccccc2)c(N)cc1Cl. The number of aliphatic hydroxyl groups is 1. The molecule has 0 aliphatic carbocycles. The number of aliphatic hydroxyl groups excluding tert-OH is 1. The fourth-order valence-electron chi connectivity index (χ4n) is 1.96. The number of nitrogen functional groups attached to an aromatic ring is 1. The predicted octanol–water partition coefficient (Wildman–Crippen LogP) is 3.51. The van der Waals surface area contributed by atoms with E-state index in [4.69, 9.17) is 17.3 Å². The number of aryl methyl sites for hydroxylation is 1. The lowest BCUT2D eigenvalue weighted by Gasteiger charge is -2.15. The smallest absolute Gasteiger partial charge is 0.0850 e. The normalized spacial score (nSPS) is 12.4. The van der Waals surface area contributed by atoms with Crippen LogP contribution < -0.4 is 5.73 Å². The highest BCUT2D eigenvalue weighted by atomic mass is 35.5. The Morgan fingerprint density at radius 1 is 1.22 bits per heavy atom. The summed E-state index contributed by atoms with van der Waals surface area (Å²) in [6.07, 6.45) is -0.0603. The first kappa shape index (κ1) is 12.9. The van der Waals surface area contributed by atoms with Gasteiger partial charge < -0.3 is 10.8 Å². The Bertz CT molecular complexity index is 540. The molecule has 0 spiro atoms. The molecular formula is C15H16ClNO. The van der Waals surface area contributed by atoms with E-state index in [1.165, 1.54) is 0 Å². The largest absolute Gasteiger partial charge is 0.398 e. The molecule has 0 fully saturated rings. The zero-order valence-corrected chi connectivity index (χ0v) is 11.0. The second kappa shape index (κ2) is 5.42. The third-order valence-electron chi connectivity index (χ3n) is 3.00. The molecular weight excluding hydrogens is 246 g/mol. The Balaban J connectivity index is 2.24. The van der Waals surface area contributed by atoms with Crippen LogP contribution in [-0.2, 0) is 6.42 Å². The lowest BCUT2D eigenvalue weighted by molar-refractivity contribution is 0.179. The van der Waals surface area contributed by atoms with Gasteiger partial charge in [0.2, 0.25) is 0 Å². The number of hydrogen-bond donors (Lipinski definition) is 2. The van der Waals surface area contributed by atoms with Gasteiger partial charge in [-0.1, -0.05) is 41.9 Å². The minimum Gasteiger partial charge on any atom is -0.398 e. The van der Waals surface area contributed by atoms with Gasteiger partial charge in [-0.2, -0.15) is 0 Å². The summed E-state index contributed by atoms with van der Waals surface area (Å²) in [7, 11) is 0. The van der Waals surface area contributed by atoms with Crippen molar-refractivity contribution < 1.29 is 5.11 Å². The van der Waals surface area contributed by atoms with E-state index in [0.29, 0.717) is 17.1 Å². The van der Waals surface area contributed by atoms with Crippen LogP contribution in [-0.4, -0.2) is 5.11 Å². The second-order valence-electron chi connectivity index (χ2n) is 4.44. The van der Waals surface area contributed by atoms with E-state index in [0.717, 1.165) is 16.7 Å². The summed E-state index contributed by atoms with van der Waals surface area (Å²) < 4.78 is 0. The maximum atomic E-state index is 10.2. The van der Waals surface area contributed by atoms with Gasteiger partial charge in [-0.15, -0.1) is 0 Å². The number of benzene rings is 2. The topological polar surface area (TPSA) is 46.2 Å². The van der Waals surface area contributed by atoms with Gasteiger partial charge in [0.15, 0.2) is 0 Å². The van der Waals surface area contributed by atoms with E-state index in [-0.39, 0.29) is 0 Å². The lowest BCUT2D eigenvalue weighted by Crippen LogP contribution is -2.06. The van der Waals surface area contributed by atoms with Crippen molar-refractivity contribution in [2.24, 2.45) is 0 Å². The first-order valence-corrected chi connectivity index (χ1v) is 6.23. The van der Waals surface area contributed by atoms with E-state index in [9.17, 15) is 5.11 Å².